The number of fused-ring (bicyclic) bond motifs is 1. The topological polar surface area (TPSA) is 73.1 Å². The lowest BCUT2D eigenvalue weighted by atomic mass is 10.2. The van der Waals surface area contributed by atoms with E-state index in [0.29, 0.717) is 21.1 Å². The number of hydrazone groups is 1. The van der Waals surface area contributed by atoms with Crippen LogP contribution in [-0.2, 0) is 4.79 Å². The standard InChI is InChI=1S/C12H10N2O3S2/c1-5-8(11(17)14(2)13-5)12-18-9-6(15)3-4-7(16)10(9)19-12/h3-4,15-16H,1-2H3. The number of carbonyl (C=O) groups is 1. The van der Waals surface area contributed by atoms with Gasteiger partial charge in [0, 0.05) is 7.05 Å². The molecule has 0 atom stereocenters. The van der Waals surface area contributed by atoms with E-state index in [1.807, 2.05) is 0 Å². The summed E-state index contributed by atoms with van der Waals surface area (Å²) in [7, 11) is 1.60. The van der Waals surface area contributed by atoms with Gasteiger partial charge < -0.3 is 10.2 Å². The summed E-state index contributed by atoms with van der Waals surface area (Å²) in [6, 6.07) is 2.89. The molecule has 2 heterocycles. The Kier molecular flexibility index (Phi) is 2.75. The first-order valence-electron chi connectivity index (χ1n) is 5.47. The van der Waals surface area contributed by atoms with Crippen LogP contribution >= 0.6 is 23.5 Å². The van der Waals surface area contributed by atoms with Gasteiger partial charge in [0.2, 0.25) is 0 Å². The monoisotopic (exact) mass is 294 g/mol. The Morgan fingerprint density at radius 2 is 1.68 bits per heavy atom. The molecule has 0 spiro atoms. The van der Waals surface area contributed by atoms with Crippen molar-refractivity contribution in [2.75, 3.05) is 7.05 Å². The van der Waals surface area contributed by atoms with Gasteiger partial charge in [0.15, 0.2) is 0 Å². The van der Waals surface area contributed by atoms with Crippen LogP contribution in [0.25, 0.3) is 0 Å². The number of aromatic hydroxyl groups is 2. The zero-order valence-corrected chi connectivity index (χ0v) is 11.8. The second kappa shape index (κ2) is 4.21. The molecule has 0 unspecified atom stereocenters. The molecular weight excluding hydrogens is 284 g/mol. The number of phenolic OH excluding ortho intramolecular Hbond substituents is 2. The fourth-order valence-corrected chi connectivity index (χ4v) is 4.62. The highest BCUT2D eigenvalue weighted by atomic mass is 32.2. The van der Waals surface area contributed by atoms with Crippen molar-refractivity contribution in [3.8, 4) is 11.5 Å². The summed E-state index contributed by atoms with van der Waals surface area (Å²) in [5.41, 5.74) is 1.18. The van der Waals surface area contributed by atoms with Crippen molar-refractivity contribution in [1.82, 2.24) is 5.01 Å². The normalized spacial score (nSPS) is 18.1. The molecular formula is C12H10N2O3S2. The Morgan fingerprint density at radius 1 is 1.16 bits per heavy atom. The second-order valence-electron chi connectivity index (χ2n) is 4.14. The molecule has 5 nitrogen and oxygen atoms in total. The third kappa shape index (κ3) is 1.81. The van der Waals surface area contributed by atoms with Gasteiger partial charge in [-0.3, -0.25) is 4.79 Å². The maximum absolute atomic E-state index is 12.0. The maximum Gasteiger partial charge on any atom is 0.277 e. The van der Waals surface area contributed by atoms with Gasteiger partial charge in [-0.1, -0.05) is 23.5 Å². The number of likely N-dealkylation sites (N-methyl/N-ethyl adjacent to an activating group) is 1. The predicted molar refractivity (Wildman–Crippen MR) is 74.4 cm³/mol. The number of benzene rings is 1. The van der Waals surface area contributed by atoms with Gasteiger partial charge in [0.25, 0.3) is 5.91 Å². The fourth-order valence-electron chi connectivity index (χ4n) is 1.92. The second-order valence-corrected chi connectivity index (χ2v) is 6.44. The van der Waals surface area contributed by atoms with E-state index in [4.69, 9.17) is 0 Å². The smallest absolute Gasteiger partial charge is 0.277 e. The molecule has 0 aromatic heterocycles. The number of rotatable bonds is 0. The van der Waals surface area contributed by atoms with E-state index in [0.717, 1.165) is 4.24 Å². The fraction of sp³-hybridized carbons (Fsp3) is 0.167. The molecule has 0 fully saturated rings. The number of thioether (sulfide) groups is 2. The third-order valence-corrected chi connectivity index (χ3v) is 5.48. The SMILES string of the molecule is CC1=NN(C)C(=O)C1=C1Sc2c(O)ccc(O)c2S1. The van der Waals surface area contributed by atoms with Gasteiger partial charge in [-0.15, -0.1) is 0 Å². The summed E-state index contributed by atoms with van der Waals surface area (Å²) in [6.07, 6.45) is 0. The molecule has 3 rings (SSSR count). The summed E-state index contributed by atoms with van der Waals surface area (Å²) >= 11 is 2.58. The Hall–Kier alpha value is -1.60. The van der Waals surface area contributed by atoms with Crippen LogP contribution in [0.3, 0.4) is 0 Å². The molecule has 0 aliphatic carbocycles. The molecule has 1 aromatic rings. The van der Waals surface area contributed by atoms with Crippen LogP contribution in [-0.4, -0.2) is 33.9 Å². The minimum Gasteiger partial charge on any atom is -0.507 e. The van der Waals surface area contributed by atoms with Crippen LogP contribution in [0, 0.1) is 0 Å². The van der Waals surface area contributed by atoms with Gasteiger partial charge in [-0.05, 0) is 19.1 Å². The Bertz CT molecular complexity index is 634. The van der Waals surface area contributed by atoms with E-state index in [1.54, 1.807) is 14.0 Å². The first-order valence-corrected chi connectivity index (χ1v) is 7.11. The van der Waals surface area contributed by atoms with Gasteiger partial charge in [0.1, 0.15) is 11.5 Å². The molecule has 19 heavy (non-hydrogen) atoms. The maximum atomic E-state index is 12.0. The van der Waals surface area contributed by atoms with E-state index in [-0.39, 0.29) is 17.4 Å². The van der Waals surface area contributed by atoms with Crippen molar-refractivity contribution in [3.05, 3.63) is 21.9 Å². The summed E-state index contributed by atoms with van der Waals surface area (Å²) in [4.78, 5) is 13.2. The van der Waals surface area contributed by atoms with Gasteiger partial charge >= 0.3 is 0 Å². The van der Waals surface area contributed by atoms with Crippen LogP contribution in [0.1, 0.15) is 6.92 Å². The third-order valence-electron chi connectivity index (χ3n) is 2.83. The Balaban J connectivity index is 2.10. The summed E-state index contributed by atoms with van der Waals surface area (Å²) in [5.74, 6) is 0.0443. The van der Waals surface area contributed by atoms with Gasteiger partial charge in [-0.2, -0.15) is 5.10 Å². The Labute approximate surface area is 118 Å². The Morgan fingerprint density at radius 3 is 2.11 bits per heavy atom. The van der Waals surface area contributed by atoms with Gasteiger partial charge in [-0.25, -0.2) is 5.01 Å². The molecule has 0 bridgehead atoms. The number of hydrogen-bond acceptors (Lipinski definition) is 6. The summed E-state index contributed by atoms with van der Waals surface area (Å²) < 4.78 is 0.738. The van der Waals surface area contributed by atoms with Crippen molar-refractivity contribution >= 4 is 35.1 Å². The molecule has 1 amide bonds. The van der Waals surface area contributed by atoms with Crippen molar-refractivity contribution in [2.45, 2.75) is 16.7 Å². The van der Waals surface area contributed by atoms with E-state index in [1.165, 1.54) is 40.7 Å². The molecule has 2 aliphatic rings. The zero-order chi connectivity index (χ0) is 13.7. The molecule has 0 saturated heterocycles. The zero-order valence-electron chi connectivity index (χ0n) is 10.2. The lowest BCUT2D eigenvalue weighted by Gasteiger charge is -2.03. The number of phenols is 2. The highest BCUT2D eigenvalue weighted by Crippen LogP contribution is 2.58. The lowest BCUT2D eigenvalue weighted by Crippen LogP contribution is -2.17. The van der Waals surface area contributed by atoms with Crippen molar-refractivity contribution in [1.29, 1.82) is 0 Å². The van der Waals surface area contributed by atoms with Crippen LogP contribution in [0.15, 0.2) is 36.8 Å². The highest BCUT2D eigenvalue weighted by molar-refractivity contribution is 8.25. The van der Waals surface area contributed by atoms with Gasteiger partial charge in [0.05, 0.1) is 25.3 Å². The van der Waals surface area contributed by atoms with Crippen molar-refractivity contribution < 1.29 is 15.0 Å². The predicted octanol–water partition coefficient (Wildman–Crippen LogP) is 2.36. The molecule has 98 valence electrons. The van der Waals surface area contributed by atoms with E-state index >= 15 is 0 Å². The average Bonchev–Trinajstić information content (AvgIpc) is 2.88. The number of hydrogen-bond donors (Lipinski definition) is 2. The summed E-state index contributed by atoms with van der Waals surface area (Å²) in [5, 5.41) is 25.0. The van der Waals surface area contributed by atoms with Crippen LogP contribution in [0.5, 0.6) is 11.5 Å². The molecule has 7 heteroatoms. The first-order chi connectivity index (χ1) is 8.99. The first kappa shape index (κ1) is 12.4. The van der Waals surface area contributed by atoms with E-state index in [2.05, 4.69) is 5.10 Å². The summed E-state index contributed by atoms with van der Waals surface area (Å²) in [6.45, 7) is 1.77. The number of carbonyl (C=O) groups excluding carboxylic acids is 1. The number of amides is 1. The highest BCUT2D eigenvalue weighted by Gasteiger charge is 2.34. The average molecular weight is 294 g/mol. The van der Waals surface area contributed by atoms with Crippen molar-refractivity contribution in [3.63, 3.8) is 0 Å². The molecule has 0 radical (unpaired) electrons. The van der Waals surface area contributed by atoms with Crippen LogP contribution < -0.4 is 0 Å². The number of nitrogens with zero attached hydrogens (tertiary/aromatic N) is 2. The lowest BCUT2D eigenvalue weighted by molar-refractivity contribution is -0.124. The minimum absolute atomic E-state index is 0.106. The quantitative estimate of drug-likeness (QED) is 0.567. The molecule has 2 aliphatic heterocycles. The minimum atomic E-state index is -0.167. The molecule has 1 aromatic carbocycles. The van der Waals surface area contributed by atoms with E-state index in [9.17, 15) is 15.0 Å². The largest absolute Gasteiger partial charge is 0.507 e. The van der Waals surface area contributed by atoms with Crippen LogP contribution in [0.2, 0.25) is 0 Å². The van der Waals surface area contributed by atoms with Crippen molar-refractivity contribution in [2.24, 2.45) is 5.10 Å². The van der Waals surface area contributed by atoms with E-state index < -0.39 is 0 Å². The molecule has 2 N–H and O–H groups in total. The van der Waals surface area contributed by atoms with Crippen LogP contribution in [0.4, 0.5) is 0 Å². The molecule has 0 saturated carbocycles.